The summed E-state index contributed by atoms with van der Waals surface area (Å²) in [7, 11) is 0. The summed E-state index contributed by atoms with van der Waals surface area (Å²) in [6, 6.07) is 0.329. The van der Waals surface area contributed by atoms with Crippen molar-refractivity contribution in [2.24, 2.45) is 0 Å². The number of carbonyl (C=O) groups is 1. The van der Waals surface area contributed by atoms with Gasteiger partial charge in [0.05, 0.1) is 0 Å². The van der Waals surface area contributed by atoms with Gasteiger partial charge in [0.1, 0.15) is 0 Å². The second kappa shape index (κ2) is 8.65. The van der Waals surface area contributed by atoms with E-state index in [1.54, 1.807) is 11.8 Å². The Kier molecular flexibility index (Phi) is 8.28. The molecule has 0 radical (unpaired) electrons. The molecule has 2 amide bonds. The summed E-state index contributed by atoms with van der Waals surface area (Å²) < 4.78 is 0. The predicted octanol–water partition coefficient (Wildman–Crippen LogP) is 2.39. The molecule has 0 aliphatic rings. The van der Waals surface area contributed by atoms with E-state index in [-0.39, 0.29) is 18.1 Å². The highest BCUT2D eigenvalue weighted by Gasteiger charge is 2.10. The molecule has 2 unspecified atom stereocenters. The van der Waals surface area contributed by atoms with Crippen molar-refractivity contribution in [2.45, 2.75) is 38.8 Å². The molecular weight excluding hydrogens is 208 g/mol. The molecule has 0 aliphatic carbocycles. The van der Waals surface area contributed by atoms with Crippen molar-refractivity contribution in [3.05, 3.63) is 12.7 Å². The van der Waals surface area contributed by atoms with Gasteiger partial charge in [-0.1, -0.05) is 13.0 Å². The maximum absolute atomic E-state index is 11.5. The number of hydrogen-bond donors (Lipinski definition) is 2. The highest BCUT2D eigenvalue weighted by Crippen LogP contribution is 1.99. The summed E-state index contributed by atoms with van der Waals surface area (Å²) in [5.74, 6) is 0.936. The van der Waals surface area contributed by atoms with Crippen molar-refractivity contribution in [1.82, 2.24) is 10.6 Å². The maximum atomic E-state index is 11.5. The quantitative estimate of drug-likeness (QED) is 0.659. The van der Waals surface area contributed by atoms with Crippen LogP contribution in [0.2, 0.25) is 0 Å². The van der Waals surface area contributed by atoms with E-state index in [0.29, 0.717) is 0 Å². The minimum Gasteiger partial charge on any atom is -0.335 e. The van der Waals surface area contributed by atoms with Crippen LogP contribution in [0.15, 0.2) is 12.7 Å². The largest absolute Gasteiger partial charge is 0.335 e. The van der Waals surface area contributed by atoms with Crippen LogP contribution in [0.25, 0.3) is 0 Å². The minimum atomic E-state index is -0.0785. The lowest BCUT2D eigenvalue weighted by Crippen LogP contribution is -2.45. The van der Waals surface area contributed by atoms with Gasteiger partial charge in [0.2, 0.25) is 0 Å². The maximum Gasteiger partial charge on any atom is 0.315 e. The van der Waals surface area contributed by atoms with Crippen LogP contribution in [-0.2, 0) is 0 Å². The Bertz CT molecular complexity index is 197. The van der Waals surface area contributed by atoms with Crippen LogP contribution in [0.3, 0.4) is 0 Å². The third-order valence-corrected chi connectivity index (χ3v) is 2.91. The fourth-order valence-corrected chi connectivity index (χ4v) is 1.85. The second-order valence-corrected chi connectivity index (χ2v) is 4.51. The molecule has 0 saturated carbocycles. The smallest absolute Gasteiger partial charge is 0.315 e. The van der Waals surface area contributed by atoms with Crippen LogP contribution in [0.1, 0.15) is 26.7 Å². The first-order valence-electron chi connectivity index (χ1n) is 5.30. The molecule has 0 fully saturated rings. The van der Waals surface area contributed by atoms with Gasteiger partial charge >= 0.3 is 6.03 Å². The molecule has 2 atom stereocenters. The van der Waals surface area contributed by atoms with Gasteiger partial charge in [0.15, 0.2) is 0 Å². The minimum absolute atomic E-state index is 0.0785. The van der Waals surface area contributed by atoms with E-state index in [1.165, 1.54) is 0 Å². The van der Waals surface area contributed by atoms with Crippen molar-refractivity contribution in [2.75, 3.05) is 12.0 Å². The van der Waals surface area contributed by atoms with Crippen LogP contribution in [0.5, 0.6) is 0 Å². The van der Waals surface area contributed by atoms with E-state index in [2.05, 4.69) is 24.1 Å². The first kappa shape index (κ1) is 14.4. The Labute approximate surface area is 97.1 Å². The van der Waals surface area contributed by atoms with Gasteiger partial charge in [-0.05, 0) is 26.0 Å². The van der Waals surface area contributed by atoms with Crippen LogP contribution >= 0.6 is 11.8 Å². The fraction of sp³-hybridized carbons (Fsp3) is 0.727. The Hall–Kier alpha value is -0.640. The van der Waals surface area contributed by atoms with Gasteiger partial charge in [-0.3, -0.25) is 0 Å². The lowest BCUT2D eigenvalue weighted by atomic mass is 10.1. The zero-order valence-corrected chi connectivity index (χ0v) is 10.7. The number of thioether (sulfide) groups is 1. The molecule has 0 aliphatic heterocycles. The van der Waals surface area contributed by atoms with E-state index >= 15 is 0 Å². The van der Waals surface area contributed by atoms with Crippen molar-refractivity contribution in [3.8, 4) is 0 Å². The Morgan fingerprint density at radius 2 is 2.20 bits per heavy atom. The average Bonchev–Trinajstić information content (AvgIpc) is 2.17. The molecule has 0 bridgehead atoms. The lowest BCUT2D eigenvalue weighted by Gasteiger charge is -2.18. The number of hydrogen-bond acceptors (Lipinski definition) is 2. The van der Waals surface area contributed by atoms with Crippen molar-refractivity contribution >= 4 is 17.8 Å². The van der Waals surface area contributed by atoms with Crippen molar-refractivity contribution < 1.29 is 4.79 Å². The molecule has 4 heteroatoms. The zero-order valence-electron chi connectivity index (χ0n) is 9.88. The summed E-state index contributed by atoms with van der Waals surface area (Å²) in [6.07, 6.45) is 5.61. The molecule has 0 heterocycles. The summed E-state index contributed by atoms with van der Waals surface area (Å²) in [4.78, 5) is 11.5. The molecule has 0 spiro atoms. The Morgan fingerprint density at radius 1 is 1.53 bits per heavy atom. The van der Waals surface area contributed by atoms with Crippen LogP contribution in [0.4, 0.5) is 4.79 Å². The molecule has 0 aromatic rings. The normalized spacial score (nSPS) is 14.1. The monoisotopic (exact) mass is 230 g/mol. The Balaban J connectivity index is 3.84. The highest BCUT2D eigenvalue weighted by molar-refractivity contribution is 7.98. The van der Waals surface area contributed by atoms with E-state index in [9.17, 15) is 4.79 Å². The van der Waals surface area contributed by atoms with Gasteiger partial charge in [-0.2, -0.15) is 11.8 Å². The van der Waals surface area contributed by atoms with Crippen LogP contribution in [0, 0.1) is 0 Å². The molecule has 0 rings (SSSR count). The summed E-state index contributed by atoms with van der Waals surface area (Å²) in [5, 5.41) is 5.83. The zero-order chi connectivity index (χ0) is 11.7. The van der Waals surface area contributed by atoms with Crippen LogP contribution in [-0.4, -0.2) is 30.1 Å². The number of carbonyl (C=O) groups excluding carboxylic acids is 1. The molecular formula is C11H22N2OS. The third-order valence-electron chi connectivity index (χ3n) is 2.07. The number of amides is 2. The van der Waals surface area contributed by atoms with Gasteiger partial charge in [-0.25, -0.2) is 4.79 Å². The third kappa shape index (κ3) is 7.31. The van der Waals surface area contributed by atoms with Gasteiger partial charge in [0, 0.05) is 17.8 Å². The Morgan fingerprint density at radius 3 is 2.67 bits per heavy atom. The van der Waals surface area contributed by atoms with Crippen LogP contribution < -0.4 is 10.6 Å². The van der Waals surface area contributed by atoms with Gasteiger partial charge in [-0.15, -0.1) is 6.58 Å². The topological polar surface area (TPSA) is 41.1 Å². The fourth-order valence-electron chi connectivity index (χ4n) is 1.27. The standard InChI is InChI=1S/C11H22N2OS/c1-5-7-10(6-2)13-11(14)12-9(3)8-15-4/h5,9-10H,1,6-8H2,2-4H3,(H2,12,13,14). The van der Waals surface area contributed by atoms with Gasteiger partial charge in [0.25, 0.3) is 0 Å². The first-order chi connectivity index (χ1) is 7.13. The SMILES string of the molecule is C=CCC(CC)NC(=O)NC(C)CSC. The summed E-state index contributed by atoms with van der Waals surface area (Å²) in [5.41, 5.74) is 0. The molecule has 0 aromatic carbocycles. The van der Waals surface area contributed by atoms with E-state index < -0.39 is 0 Å². The molecule has 2 N–H and O–H groups in total. The molecule has 88 valence electrons. The first-order valence-corrected chi connectivity index (χ1v) is 6.70. The molecule has 0 saturated heterocycles. The van der Waals surface area contributed by atoms with Crippen molar-refractivity contribution in [1.29, 1.82) is 0 Å². The van der Waals surface area contributed by atoms with E-state index in [1.807, 2.05) is 19.3 Å². The second-order valence-electron chi connectivity index (χ2n) is 3.60. The number of urea groups is 1. The highest BCUT2D eigenvalue weighted by atomic mass is 32.2. The predicted molar refractivity (Wildman–Crippen MR) is 68.4 cm³/mol. The van der Waals surface area contributed by atoms with Gasteiger partial charge < -0.3 is 10.6 Å². The number of rotatable bonds is 7. The molecule has 15 heavy (non-hydrogen) atoms. The summed E-state index contributed by atoms with van der Waals surface area (Å²) in [6.45, 7) is 7.73. The van der Waals surface area contributed by atoms with E-state index in [0.717, 1.165) is 18.6 Å². The lowest BCUT2D eigenvalue weighted by molar-refractivity contribution is 0.234. The average molecular weight is 230 g/mol. The van der Waals surface area contributed by atoms with Crippen molar-refractivity contribution in [3.63, 3.8) is 0 Å². The molecule has 3 nitrogen and oxygen atoms in total. The molecule has 0 aromatic heterocycles. The summed E-state index contributed by atoms with van der Waals surface area (Å²) >= 11 is 1.73. The number of nitrogens with one attached hydrogen (secondary N) is 2. The van der Waals surface area contributed by atoms with E-state index in [4.69, 9.17) is 0 Å².